The molecular formula is C15H17NO4S. The van der Waals surface area contributed by atoms with Crippen LogP contribution in [-0.4, -0.2) is 31.2 Å². The molecule has 0 aromatic heterocycles. The first-order valence-corrected chi connectivity index (χ1v) is 8.35. The van der Waals surface area contributed by atoms with Crippen LogP contribution in [0.15, 0.2) is 35.2 Å². The SMILES string of the molecule is CC1(C)O[C@H]2CC(C#N)(S(=O)(=O)c3ccccc3)C[C@@H]2O1. The van der Waals surface area contributed by atoms with Crippen molar-refractivity contribution in [2.45, 2.75) is 54.3 Å². The zero-order valence-electron chi connectivity index (χ0n) is 11.9. The Kier molecular flexibility index (Phi) is 3.14. The molecule has 1 saturated carbocycles. The van der Waals surface area contributed by atoms with Gasteiger partial charge in [-0.25, -0.2) is 8.42 Å². The van der Waals surface area contributed by atoms with E-state index in [9.17, 15) is 13.7 Å². The molecule has 3 rings (SSSR count). The first-order chi connectivity index (χ1) is 9.80. The van der Waals surface area contributed by atoms with Crippen LogP contribution >= 0.6 is 0 Å². The first-order valence-electron chi connectivity index (χ1n) is 6.86. The summed E-state index contributed by atoms with van der Waals surface area (Å²) in [6, 6.07) is 10.1. The number of nitriles is 1. The molecule has 6 heteroatoms. The predicted molar refractivity (Wildman–Crippen MR) is 75.0 cm³/mol. The molecule has 5 nitrogen and oxygen atoms in total. The van der Waals surface area contributed by atoms with Gasteiger partial charge in [0.2, 0.25) is 0 Å². The number of sulfone groups is 1. The summed E-state index contributed by atoms with van der Waals surface area (Å²) >= 11 is 0. The van der Waals surface area contributed by atoms with E-state index in [2.05, 4.69) is 0 Å². The Morgan fingerprint density at radius 2 is 1.67 bits per heavy atom. The van der Waals surface area contributed by atoms with E-state index < -0.39 is 20.4 Å². The van der Waals surface area contributed by atoms with Gasteiger partial charge in [0.1, 0.15) is 0 Å². The average molecular weight is 307 g/mol. The Hall–Kier alpha value is -1.42. The lowest BCUT2D eigenvalue weighted by Gasteiger charge is -2.25. The molecule has 2 fully saturated rings. The third-order valence-corrected chi connectivity index (χ3v) is 6.46. The minimum atomic E-state index is -3.75. The molecular weight excluding hydrogens is 290 g/mol. The number of fused-ring (bicyclic) bond motifs is 1. The molecule has 2 atom stereocenters. The summed E-state index contributed by atoms with van der Waals surface area (Å²) in [5.74, 6) is -0.715. The maximum absolute atomic E-state index is 12.8. The molecule has 1 aromatic carbocycles. The summed E-state index contributed by atoms with van der Waals surface area (Å²) < 4.78 is 35.7. The highest BCUT2D eigenvalue weighted by Gasteiger charge is 2.60. The molecule has 1 aliphatic heterocycles. The number of nitrogens with zero attached hydrogens (tertiary/aromatic N) is 1. The second kappa shape index (κ2) is 4.54. The highest BCUT2D eigenvalue weighted by Crippen LogP contribution is 2.47. The third-order valence-electron chi connectivity index (χ3n) is 4.12. The third kappa shape index (κ3) is 2.16. The second-order valence-corrected chi connectivity index (χ2v) is 8.30. The molecule has 21 heavy (non-hydrogen) atoms. The molecule has 0 radical (unpaired) electrons. The van der Waals surface area contributed by atoms with Crippen LogP contribution in [0.4, 0.5) is 0 Å². The Morgan fingerprint density at radius 3 is 2.14 bits per heavy atom. The van der Waals surface area contributed by atoms with Gasteiger partial charge in [-0.2, -0.15) is 5.26 Å². The number of hydrogen-bond donors (Lipinski definition) is 0. The van der Waals surface area contributed by atoms with Crippen LogP contribution in [0.25, 0.3) is 0 Å². The molecule has 0 amide bonds. The largest absolute Gasteiger partial charge is 0.344 e. The maximum Gasteiger partial charge on any atom is 0.197 e. The van der Waals surface area contributed by atoms with Crippen molar-refractivity contribution in [3.05, 3.63) is 30.3 Å². The minimum Gasteiger partial charge on any atom is -0.344 e. The van der Waals surface area contributed by atoms with Crippen LogP contribution in [0, 0.1) is 11.3 Å². The Labute approximate surface area is 124 Å². The van der Waals surface area contributed by atoms with Gasteiger partial charge in [0.25, 0.3) is 0 Å². The summed E-state index contributed by atoms with van der Waals surface area (Å²) in [4.78, 5) is 0.172. The summed E-state index contributed by atoms with van der Waals surface area (Å²) in [6.07, 6.45) is -0.403. The van der Waals surface area contributed by atoms with E-state index in [-0.39, 0.29) is 29.9 Å². The Bertz CT molecular complexity index is 674. The van der Waals surface area contributed by atoms with E-state index in [0.717, 1.165) is 0 Å². The lowest BCUT2D eigenvalue weighted by molar-refractivity contribution is -0.151. The van der Waals surface area contributed by atoms with Crippen molar-refractivity contribution in [2.75, 3.05) is 0 Å². The molecule has 112 valence electrons. The standard InChI is InChI=1S/C15H17NO4S/c1-14(2)19-12-8-15(10-16,9-13(12)20-14)21(17,18)11-6-4-3-5-7-11/h3-7,12-13H,8-9H2,1-2H3/t12-,13-/m0/s1. The van der Waals surface area contributed by atoms with E-state index in [0.29, 0.717) is 0 Å². The Balaban J connectivity index is 1.97. The van der Waals surface area contributed by atoms with Gasteiger partial charge in [-0.05, 0) is 26.0 Å². The highest BCUT2D eigenvalue weighted by molar-refractivity contribution is 7.93. The van der Waals surface area contributed by atoms with Crippen molar-refractivity contribution in [1.29, 1.82) is 5.26 Å². The van der Waals surface area contributed by atoms with Crippen LogP contribution in [0.3, 0.4) is 0 Å². The van der Waals surface area contributed by atoms with Crippen LogP contribution < -0.4 is 0 Å². The smallest absolute Gasteiger partial charge is 0.197 e. The van der Waals surface area contributed by atoms with E-state index >= 15 is 0 Å². The zero-order chi connectivity index (χ0) is 15.3. The van der Waals surface area contributed by atoms with E-state index in [1.807, 2.05) is 6.07 Å². The number of ether oxygens (including phenoxy) is 2. The molecule has 2 aliphatic rings. The molecule has 0 bridgehead atoms. The van der Waals surface area contributed by atoms with Crippen molar-refractivity contribution >= 4 is 9.84 Å². The van der Waals surface area contributed by atoms with Gasteiger partial charge >= 0.3 is 0 Å². The van der Waals surface area contributed by atoms with E-state index in [1.165, 1.54) is 12.1 Å². The predicted octanol–water partition coefficient (Wildman–Crippen LogP) is 2.04. The fraction of sp³-hybridized carbons (Fsp3) is 0.533. The lowest BCUT2D eigenvalue weighted by atomic mass is 10.1. The summed E-state index contributed by atoms with van der Waals surface area (Å²) in [5, 5.41) is 9.56. The van der Waals surface area contributed by atoms with Gasteiger partial charge < -0.3 is 9.47 Å². The Morgan fingerprint density at radius 1 is 1.14 bits per heavy atom. The molecule has 0 unspecified atom stereocenters. The van der Waals surface area contributed by atoms with Gasteiger partial charge in [0.15, 0.2) is 20.4 Å². The van der Waals surface area contributed by atoms with E-state index in [1.54, 1.807) is 32.0 Å². The van der Waals surface area contributed by atoms with E-state index in [4.69, 9.17) is 9.47 Å². The van der Waals surface area contributed by atoms with Gasteiger partial charge in [0.05, 0.1) is 23.2 Å². The van der Waals surface area contributed by atoms with Crippen LogP contribution in [0.5, 0.6) is 0 Å². The van der Waals surface area contributed by atoms with Crippen molar-refractivity contribution in [3.63, 3.8) is 0 Å². The van der Waals surface area contributed by atoms with Crippen molar-refractivity contribution in [2.24, 2.45) is 0 Å². The monoisotopic (exact) mass is 307 g/mol. The summed E-state index contributed by atoms with van der Waals surface area (Å²) in [7, 11) is -3.75. The van der Waals surface area contributed by atoms with Crippen LogP contribution in [-0.2, 0) is 19.3 Å². The molecule has 1 aliphatic carbocycles. The highest BCUT2D eigenvalue weighted by atomic mass is 32.2. The van der Waals surface area contributed by atoms with Crippen LogP contribution in [0.1, 0.15) is 26.7 Å². The quantitative estimate of drug-likeness (QED) is 0.835. The van der Waals surface area contributed by atoms with Gasteiger partial charge in [-0.15, -0.1) is 0 Å². The number of rotatable bonds is 2. The van der Waals surface area contributed by atoms with Gasteiger partial charge in [0, 0.05) is 12.8 Å². The van der Waals surface area contributed by atoms with Crippen molar-refractivity contribution in [1.82, 2.24) is 0 Å². The van der Waals surface area contributed by atoms with Gasteiger partial charge in [-0.3, -0.25) is 0 Å². The summed E-state index contributed by atoms with van der Waals surface area (Å²) in [6.45, 7) is 3.59. The fourth-order valence-corrected chi connectivity index (χ4v) is 5.04. The second-order valence-electron chi connectivity index (χ2n) is 6.04. The van der Waals surface area contributed by atoms with Crippen LogP contribution in [0.2, 0.25) is 0 Å². The molecule has 1 aromatic rings. The molecule has 1 heterocycles. The molecule has 0 spiro atoms. The molecule has 0 N–H and O–H groups in total. The average Bonchev–Trinajstić information content (AvgIpc) is 2.90. The van der Waals surface area contributed by atoms with Crippen molar-refractivity contribution < 1.29 is 17.9 Å². The fourth-order valence-electron chi connectivity index (χ4n) is 3.18. The maximum atomic E-state index is 12.8. The summed E-state index contributed by atoms with van der Waals surface area (Å²) in [5.41, 5.74) is 0. The normalized spacial score (nSPS) is 29.8. The first kappa shape index (κ1) is 14.5. The number of benzene rings is 1. The lowest BCUT2D eigenvalue weighted by Crippen LogP contribution is -2.37. The molecule has 1 saturated heterocycles. The minimum absolute atomic E-state index is 0.148. The van der Waals surface area contributed by atoms with Gasteiger partial charge in [-0.1, -0.05) is 18.2 Å². The zero-order valence-corrected chi connectivity index (χ0v) is 12.8. The topological polar surface area (TPSA) is 76.4 Å². The number of hydrogen-bond acceptors (Lipinski definition) is 5. The van der Waals surface area contributed by atoms with Crippen molar-refractivity contribution in [3.8, 4) is 6.07 Å².